The number of hydrogen-bond donors (Lipinski definition) is 1. The van der Waals surface area contributed by atoms with Crippen molar-refractivity contribution in [2.45, 2.75) is 38.1 Å². The number of carbonyl (C=O) groups excluding carboxylic acids is 1. The van der Waals surface area contributed by atoms with Gasteiger partial charge in [-0.05, 0) is 25.0 Å². The molecule has 0 saturated heterocycles. The third kappa shape index (κ3) is 3.58. The Morgan fingerprint density at radius 3 is 2.62 bits per heavy atom. The van der Waals surface area contributed by atoms with Gasteiger partial charge in [-0.1, -0.05) is 19.3 Å². The number of benzene rings is 1. The topological polar surface area (TPSA) is 83.7 Å². The van der Waals surface area contributed by atoms with Gasteiger partial charge in [-0.25, -0.2) is 0 Å². The summed E-state index contributed by atoms with van der Waals surface area (Å²) >= 11 is 0. The molecule has 1 aromatic rings. The third-order valence-electron chi connectivity index (χ3n) is 4.02. The molecule has 0 amide bonds. The highest BCUT2D eigenvalue weighted by Crippen LogP contribution is 2.30. The summed E-state index contributed by atoms with van der Waals surface area (Å²) in [7, 11) is 0. The predicted molar refractivity (Wildman–Crippen MR) is 79.8 cm³/mol. The summed E-state index contributed by atoms with van der Waals surface area (Å²) in [5, 5.41) is 20.2. The van der Waals surface area contributed by atoms with E-state index < -0.39 is 4.92 Å². The summed E-state index contributed by atoms with van der Waals surface area (Å²) in [4.78, 5) is 23.5. The number of nitro benzene ring substituents is 1. The molecule has 2 rings (SSSR count). The van der Waals surface area contributed by atoms with Gasteiger partial charge in [0.2, 0.25) is 0 Å². The average Bonchev–Trinajstić information content (AvgIpc) is 2.52. The molecule has 0 aliphatic heterocycles. The first-order valence-electron chi connectivity index (χ1n) is 7.28. The fraction of sp³-hybridized carbons (Fsp3) is 0.533. The normalized spacial score (nSPS) is 15.7. The van der Waals surface area contributed by atoms with Crippen molar-refractivity contribution in [2.24, 2.45) is 0 Å². The van der Waals surface area contributed by atoms with Crippen molar-refractivity contribution in [3.8, 4) is 0 Å². The predicted octanol–water partition coefficient (Wildman–Crippen LogP) is 2.54. The van der Waals surface area contributed by atoms with Crippen LogP contribution in [0, 0.1) is 10.1 Å². The van der Waals surface area contributed by atoms with Crippen LogP contribution < -0.4 is 4.90 Å². The molecule has 0 radical (unpaired) electrons. The lowest BCUT2D eigenvalue weighted by atomic mass is 9.93. The van der Waals surface area contributed by atoms with Crippen LogP contribution in [0.3, 0.4) is 0 Å². The molecule has 6 nitrogen and oxygen atoms in total. The summed E-state index contributed by atoms with van der Waals surface area (Å²) in [6, 6.07) is 4.91. The Morgan fingerprint density at radius 1 is 1.33 bits per heavy atom. The van der Waals surface area contributed by atoms with Crippen molar-refractivity contribution < 1.29 is 14.8 Å². The van der Waals surface area contributed by atoms with Gasteiger partial charge in [0.1, 0.15) is 0 Å². The Kier molecular flexibility index (Phi) is 5.27. The zero-order chi connectivity index (χ0) is 15.2. The summed E-state index contributed by atoms with van der Waals surface area (Å²) < 4.78 is 0. The molecule has 0 aromatic heterocycles. The van der Waals surface area contributed by atoms with Gasteiger partial charge in [0, 0.05) is 24.3 Å². The Hall–Kier alpha value is -1.95. The van der Waals surface area contributed by atoms with E-state index in [1.807, 2.05) is 0 Å². The molecular formula is C15H20N2O4. The average molecular weight is 292 g/mol. The van der Waals surface area contributed by atoms with E-state index in [2.05, 4.69) is 4.90 Å². The van der Waals surface area contributed by atoms with Gasteiger partial charge >= 0.3 is 0 Å². The molecule has 0 unspecified atom stereocenters. The Bertz CT molecular complexity index is 512. The zero-order valence-corrected chi connectivity index (χ0v) is 11.9. The van der Waals surface area contributed by atoms with Crippen LogP contribution in [0.15, 0.2) is 18.2 Å². The number of nitrogens with zero attached hydrogens (tertiary/aromatic N) is 2. The zero-order valence-electron chi connectivity index (χ0n) is 11.9. The number of aliphatic hydroxyl groups is 1. The largest absolute Gasteiger partial charge is 0.395 e. The summed E-state index contributed by atoms with van der Waals surface area (Å²) in [5.74, 6) is 0. The Labute approximate surface area is 123 Å². The molecule has 114 valence electrons. The minimum atomic E-state index is -0.551. The Balaban J connectivity index is 2.31. The maximum Gasteiger partial charge on any atom is 0.280 e. The number of aliphatic hydroxyl groups excluding tert-OH is 1. The molecule has 0 bridgehead atoms. The molecule has 0 spiro atoms. The quantitative estimate of drug-likeness (QED) is 0.495. The minimum absolute atomic E-state index is 0.0178. The first kappa shape index (κ1) is 15.4. The highest BCUT2D eigenvalue weighted by Gasteiger charge is 2.23. The van der Waals surface area contributed by atoms with Crippen LogP contribution in [-0.2, 0) is 0 Å². The van der Waals surface area contributed by atoms with E-state index in [0.29, 0.717) is 18.9 Å². The van der Waals surface area contributed by atoms with Crippen molar-refractivity contribution in [1.82, 2.24) is 0 Å². The molecule has 0 heterocycles. The van der Waals surface area contributed by atoms with Crippen molar-refractivity contribution in [1.29, 1.82) is 0 Å². The van der Waals surface area contributed by atoms with E-state index in [4.69, 9.17) is 0 Å². The number of carbonyl (C=O) groups is 1. The van der Waals surface area contributed by atoms with Crippen LogP contribution in [0.4, 0.5) is 11.4 Å². The molecule has 1 aromatic carbocycles. The van der Waals surface area contributed by atoms with Gasteiger partial charge < -0.3 is 10.0 Å². The van der Waals surface area contributed by atoms with E-state index in [1.165, 1.54) is 12.5 Å². The van der Waals surface area contributed by atoms with Gasteiger partial charge in [0.25, 0.3) is 5.69 Å². The number of hydrogen-bond acceptors (Lipinski definition) is 5. The molecule has 1 N–H and O–H groups in total. The van der Waals surface area contributed by atoms with E-state index >= 15 is 0 Å². The second-order valence-corrected chi connectivity index (χ2v) is 5.33. The molecule has 21 heavy (non-hydrogen) atoms. The van der Waals surface area contributed by atoms with Crippen LogP contribution in [0.1, 0.15) is 42.5 Å². The van der Waals surface area contributed by atoms with E-state index in [-0.39, 0.29) is 17.9 Å². The smallest absolute Gasteiger partial charge is 0.280 e. The number of anilines is 1. The number of rotatable bonds is 6. The lowest BCUT2D eigenvalue weighted by molar-refractivity contribution is -0.385. The van der Waals surface area contributed by atoms with Gasteiger partial charge in [-0.3, -0.25) is 14.9 Å². The molecule has 1 aliphatic rings. The summed E-state index contributed by atoms with van der Waals surface area (Å²) in [6.07, 6.45) is 6.14. The Morgan fingerprint density at radius 2 is 2.05 bits per heavy atom. The van der Waals surface area contributed by atoms with Crippen LogP contribution in [0.25, 0.3) is 0 Å². The summed E-state index contributed by atoms with van der Waals surface area (Å²) in [6.45, 7) is 0.491. The van der Waals surface area contributed by atoms with Crippen LogP contribution in [0.5, 0.6) is 0 Å². The summed E-state index contributed by atoms with van der Waals surface area (Å²) in [5.41, 5.74) is 0.668. The lowest BCUT2D eigenvalue weighted by Gasteiger charge is -2.36. The van der Waals surface area contributed by atoms with Gasteiger partial charge in [0.05, 0.1) is 17.1 Å². The molecule has 1 saturated carbocycles. The van der Waals surface area contributed by atoms with Gasteiger partial charge in [-0.2, -0.15) is 0 Å². The van der Waals surface area contributed by atoms with Crippen LogP contribution in [-0.4, -0.2) is 35.5 Å². The highest BCUT2D eigenvalue weighted by atomic mass is 16.6. The fourth-order valence-electron chi connectivity index (χ4n) is 3.00. The minimum Gasteiger partial charge on any atom is -0.395 e. The fourth-order valence-corrected chi connectivity index (χ4v) is 3.00. The maximum absolute atomic E-state index is 11.1. The van der Waals surface area contributed by atoms with Gasteiger partial charge in [0.15, 0.2) is 6.29 Å². The van der Waals surface area contributed by atoms with E-state index in [1.54, 1.807) is 12.1 Å². The first-order valence-corrected chi connectivity index (χ1v) is 7.28. The first-order chi connectivity index (χ1) is 10.2. The monoisotopic (exact) mass is 292 g/mol. The van der Waals surface area contributed by atoms with Crippen LogP contribution >= 0.6 is 0 Å². The van der Waals surface area contributed by atoms with Crippen molar-refractivity contribution in [3.05, 3.63) is 33.9 Å². The third-order valence-corrected chi connectivity index (χ3v) is 4.02. The highest BCUT2D eigenvalue weighted by molar-refractivity contribution is 5.83. The maximum atomic E-state index is 11.1. The van der Waals surface area contributed by atoms with E-state index in [0.717, 1.165) is 31.4 Å². The molecule has 0 atom stereocenters. The lowest BCUT2D eigenvalue weighted by Crippen LogP contribution is -2.38. The molecular weight excluding hydrogens is 272 g/mol. The number of aldehydes is 1. The molecule has 1 fully saturated rings. The second kappa shape index (κ2) is 7.17. The second-order valence-electron chi connectivity index (χ2n) is 5.33. The standard InChI is InChI=1S/C15H20N2O4/c18-9-8-16(13-4-2-1-3-5-13)14-6-7-15(17(20)21)12(10-14)11-19/h6-7,10-11,13,18H,1-5,8-9H2. The van der Waals surface area contributed by atoms with Gasteiger partial charge in [-0.15, -0.1) is 0 Å². The van der Waals surface area contributed by atoms with E-state index in [9.17, 15) is 20.0 Å². The SMILES string of the molecule is O=Cc1cc(N(CCO)C2CCCCC2)ccc1[N+](=O)[O-]. The van der Waals surface area contributed by atoms with Crippen molar-refractivity contribution in [3.63, 3.8) is 0 Å². The molecule has 6 heteroatoms. The van der Waals surface area contributed by atoms with Crippen LogP contribution in [0.2, 0.25) is 0 Å². The van der Waals surface area contributed by atoms with Crippen molar-refractivity contribution in [2.75, 3.05) is 18.1 Å². The number of nitro groups is 1. The molecule has 1 aliphatic carbocycles. The van der Waals surface area contributed by atoms with Crippen molar-refractivity contribution >= 4 is 17.7 Å².